The average Bonchev–Trinajstić information content (AvgIpc) is 2.45. The van der Waals surface area contributed by atoms with Crippen molar-refractivity contribution in [1.82, 2.24) is 10.2 Å². The minimum atomic E-state index is 0.769. The third-order valence-electron chi connectivity index (χ3n) is 3.38. The van der Waals surface area contributed by atoms with Crippen LogP contribution in [0.1, 0.15) is 15.9 Å². The highest BCUT2D eigenvalue weighted by Gasteiger charge is 2.11. The van der Waals surface area contributed by atoms with Gasteiger partial charge in [-0.1, -0.05) is 0 Å². The van der Waals surface area contributed by atoms with Crippen molar-refractivity contribution < 1.29 is 9.53 Å². The molecule has 2 rings (SSSR count). The molecule has 0 spiro atoms. The summed E-state index contributed by atoms with van der Waals surface area (Å²) in [7, 11) is 1.65. The van der Waals surface area contributed by atoms with Gasteiger partial charge in [0.25, 0.3) is 0 Å². The zero-order chi connectivity index (χ0) is 12.8. The van der Waals surface area contributed by atoms with Crippen LogP contribution < -0.4 is 10.1 Å². The molecule has 0 radical (unpaired) electrons. The maximum atomic E-state index is 11.0. The standard InChI is InChI=1S/C14H20N2O2/c1-18-14-3-2-13(11-17)12(10-14)4-7-16-8-5-15-6-9-16/h2-3,10-11,15H,4-9H2,1H3. The summed E-state index contributed by atoms with van der Waals surface area (Å²) in [6.07, 6.45) is 1.82. The van der Waals surface area contributed by atoms with Crippen LogP contribution in [0.5, 0.6) is 5.75 Å². The normalized spacial score (nSPS) is 16.5. The number of aldehydes is 1. The summed E-state index contributed by atoms with van der Waals surface area (Å²) in [5.41, 5.74) is 1.84. The van der Waals surface area contributed by atoms with Gasteiger partial charge in [-0.2, -0.15) is 0 Å². The van der Waals surface area contributed by atoms with Gasteiger partial charge in [0.05, 0.1) is 7.11 Å². The third kappa shape index (κ3) is 3.31. The molecule has 98 valence electrons. The molecular formula is C14H20N2O2. The number of ether oxygens (including phenoxy) is 1. The van der Waals surface area contributed by atoms with Gasteiger partial charge in [-0.25, -0.2) is 0 Å². The average molecular weight is 248 g/mol. The maximum absolute atomic E-state index is 11.0. The first kappa shape index (κ1) is 13.1. The van der Waals surface area contributed by atoms with Gasteiger partial charge in [0.15, 0.2) is 0 Å². The van der Waals surface area contributed by atoms with E-state index in [-0.39, 0.29) is 0 Å². The molecule has 1 fully saturated rings. The summed E-state index contributed by atoms with van der Waals surface area (Å²) >= 11 is 0. The number of nitrogens with zero attached hydrogens (tertiary/aromatic N) is 1. The number of methoxy groups -OCH3 is 1. The summed E-state index contributed by atoms with van der Waals surface area (Å²) in [5, 5.41) is 3.34. The van der Waals surface area contributed by atoms with Crippen LogP contribution in [0.25, 0.3) is 0 Å². The Bertz CT molecular complexity index is 401. The van der Waals surface area contributed by atoms with Gasteiger partial charge >= 0.3 is 0 Å². The first-order valence-corrected chi connectivity index (χ1v) is 6.38. The SMILES string of the molecule is COc1ccc(C=O)c(CCN2CCNCC2)c1. The fourth-order valence-electron chi connectivity index (χ4n) is 2.25. The van der Waals surface area contributed by atoms with Crippen molar-refractivity contribution in [3.05, 3.63) is 29.3 Å². The van der Waals surface area contributed by atoms with Crippen molar-refractivity contribution in [3.8, 4) is 5.75 Å². The highest BCUT2D eigenvalue weighted by Crippen LogP contribution is 2.17. The summed E-state index contributed by atoms with van der Waals surface area (Å²) in [6.45, 7) is 5.27. The molecule has 0 unspecified atom stereocenters. The van der Waals surface area contributed by atoms with Gasteiger partial charge < -0.3 is 15.0 Å². The number of carbonyl (C=O) groups is 1. The largest absolute Gasteiger partial charge is 0.497 e. The van der Waals surface area contributed by atoms with Gasteiger partial charge in [0.1, 0.15) is 12.0 Å². The minimum absolute atomic E-state index is 0.769. The number of hydrogen-bond donors (Lipinski definition) is 1. The molecule has 0 aliphatic carbocycles. The minimum Gasteiger partial charge on any atom is -0.497 e. The molecule has 0 aromatic heterocycles. The summed E-state index contributed by atoms with van der Waals surface area (Å²) in [6, 6.07) is 5.63. The number of nitrogens with one attached hydrogen (secondary N) is 1. The molecule has 18 heavy (non-hydrogen) atoms. The van der Waals surface area contributed by atoms with Crippen molar-refractivity contribution in [2.45, 2.75) is 6.42 Å². The quantitative estimate of drug-likeness (QED) is 0.788. The zero-order valence-corrected chi connectivity index (χ0v) is 10.8. The van der Waals surface area contributed by atoms with E-state index in [0.29, 0.717) is 0 Å². The second-order valence-electron chi connectivity index (χ2n) is 4.52. The lowest BCUT2D eigenvalue weighted by Crippen LogP contribution is -2.44. The Morgan fingerprint density at radius 1 is 1.39 bits per heavy atom. The number of benzene rings is 1. The molecule has 1 aliphatic rings. The van der Waals surface area contributed by atoms with Crippen LogP contribution in [0.4, 0.5) is 0 Å². The number of carbonyl (C=O) groups excluding carboxylic acids is 1. The topological polar surface area (TPSA) is 41.6 Å². The molecule has 1 aromatic rings. The smallest absolute Gasteiger partial charge is 0.150 e. The summed E-state index contributed by atoms with van der Waals surface area (Å²) in [4.78, 5) is 13.4. The van der Waals surface area contributed by atoms with E-state index in [4.69, 9.17) is 4.74 Å². The van der Waals surface area contributed by atoms with Crippen molar-refractivity contribution in [3.63, 3.8) is 0 Å². The highest BCUT2D eigenvalue weighted by atomic mass is 16.5. The predicted octanol–water partition coefficient (Wildman–Crippen LogP) is 0.955. The lowest BCUT2D eigenvalue weighted by Gasteiger charge is -2.27. The van der Waals surface area contributed by atoms with E-state index in [1.165, 1.54) is 0 Å². The van der Waals surface area contributed by atoms with E-state index in [1.807, 2.05) is 18.2 Å². The molecule has 0 bridgehead atoms. The van der Waals surface area contributed by atoms with Gasteiger partial charge in [-0.05, 0) is 30.2 Å². The Morgan fingerprint density at radius 2 is 2.17 bits per heavy atom. The molecular weight excluding hydrogens is 228 g/mol. The fourth-order valence-corrected chi connectivity index (χ4v) is 2.25. The molecule has 4 nitrogen and oxygen atoms in total. The Morgan fingerprint density at radius 3 is 2.83 bits per heavy atom. The molecule has 0 atom stereocenters. The van der Waals surface area contributed by atoms with Crippen LogP contribution in [0.3, 0.4) is 0 Å². The van der Waals surface area contributed by atoms with E-state index < -0.39 is 0 Å². The molecule has 1 N–H and O–H groups in total. The van der Waals surface area contributed by atoms with Crippen LogP contribution in [-0.2, 0) is 6.42 Å². The Labute approximate surface area is 108 Å². The van der Waals surface area contributed by atoms with Crippen molar-refractivity contribution >= 4 is 6.29 Å². The molecule has 1 heterocycles. The van der Waals surface area contributed by atoms with E-state index in [2.05, 4.69) is 10.2 Å². The monoisotopic (exact) mass is 248 g/mol. The molecule has 4 heteroatoms. The van der Waals surface area contributed by atoms with Crippen molar-refractivity contribution in [2.24, 2.45) is 0 Å². The van der Waals surface area contributed by atoms with Gasteiger partial charge in [0, 0.05) is 38.3 Å². The van der Waals surface area contributed by atoms with Crippen molar-refractivity contribution in [1.29, 1.82) is 0 Å². The fraction of sp³-hybridized carbons (Fsp3) is 0.500. The second-order valence-corrected chi connectivity index (χ2v) is 4.52. The molecule has 1 aromatic carbocycles. The van der Waals surface area contributed by atoms with Crippen LogP contribution in [-0.4, -0.2) is 51.0 Å². The van der Waals surface area contributed by atoms with E-state index >= 15 is 0 Å². The lowest BCUT2D eigenvalue weighted by atomic mass is 10.0. The third-order valence-corrected chi connectivity index (χ3v) is 3.38. The molecule has 0 saturated carbocycles. The van der Waals surface area contributed by atoms with E-state index in [0.717, 1.165) is 62.3 Å². The molecule has 1 saturated heterocycles. The van der Waals surface area contributed by atoms with Gasteiger partial charge in [-0.3, -0.25) is 4.79 Å². The summed E-state index contributed by atoms with van der Waals surface area (Å²) < 4.78 is 5.21. The first-order chi connectivity index (χ1) is 8.83. The maximum Gasteiger partial charge on any atom is 0.150 e. The Kier molecular flexibility index (Phi) is 4.73. The summed E-state index contributed by atoms with van der Waals surface area (Å²) in [5.74, 6) is 0.816. The second kappa shape index (κ2) is 6.52. The number of rotatable bonds is 5. The molecule has 0 amide bonds. The Balaban J connectivity index is 2.00. The Hall–Kier alpha value is -1.39. The molecule has 1 aliphatic heterocycles. The van der Waals surface area contributed by atoms with Crippen molar-refractivity contribution in [2.75, 3.05) is 39.8 Å². The van der Waals surface area contributed by atoms with Gasteiger partial charge in [0.2, 0.25) is 0 Å². The van der Waals surface area contributed by atoms with Crippen LogP contribution in [0.15, 0.2) is 18.2 Å². The van der Waals surface area contributed by atoms with Crippen LogP contribution >= 0.6 is 0 Å². The van der Waals surface area contributed by atoms with E-state index in [1.54, 1.807) is 7.11 Å². The predicted molar refractivity (Wildman–Crippen MR) is 71.4 cm³/mol. The van der Waals surface area contributed by atoms with Crippen LogP contribution in [0.2, 0.25) is 0 Å². The zero-order valence-electron chi connectivity index (χ0n) is 10.8. The number of hydrogen-bond acceptors (Lipinski definition) is 4. The first-order valence-electron chi connectivity index (χ1n) is 6.38. The van der Waals surface area contributed by atoms with Gasteiger partial charge in [-0.15, -0.1) is 0 Å². The number of piperazine rings is 1. The lowest BCUT2D eigenvalue weighted by molar-refractivity contribution is 0.112. The highest BCUT2D eigenvalue weighted by molar-refractivity contribution is 5.77. The van der Waals surface area contributed by atoms with E-state index in [9.17, 15) is 4.79 Å². The van der Waals surface area contributed by atoms with Crippen LogP contribution in [0, 0.1) is 0 Å².